The SMILES string of the molecule is CN(CCCCNCCNc1nc2cc(C(N)=O)ccc2c2cnccc12)Cc1ccc(Br)c(Cl)c1. The molecule has 0 spiro atoms. The minimum absolute atomic E-state index is 0.442. The van der Waals surface area contributed by atoms with Crippen LogP contribution in [0.4, 0.5) is 5.82 Å². The predicted octanol–water partition coefficient (Wildman–Crippen LogP) is 5.21. The number of primary amides is 1. The van der Waals surface area contributed by atoms with Crippen LogP contribution < -0.4 is 16.4 Å². The lowest BCUT2D eigenvalue weighted by Crippen LogP contribution is -2.25. The quantitative estimate of drug-likeness (QED) is 0.160. The summed E-state index contributed by atoms with van der Waals surface area (Å²) in [5, 5.41) is 10.6. The van der Waals surface area contributed by atoms with Crippen LogP contribution in [0, 0.1) is 0 Å². The van der Waals surface area contributed by atoms with E-state index in [2.05, 4.69) is 49.6 Å². The Morgan fingerprint density at radius 2 is 1.92 bits per heavy atom. The first-order chi connectivity index (χ1) is 17.4. The van der Waals surface area contributed by atoms with E-state index in [1.54, 1.807) is 18.3 Å². The number of fused-ring (bicyclic) bond motifs is 3. The number of nitrogens with two attached hydrogens (primary N) is 1. The minimum Gasteiger partial charge on any atom is -0.368 e. The highest BCUT2D eigenvalue weighted by Gasteiger charge is 2.10. The molecule has 4 aromatic rings. The number of hydrogen-bond donors (Lipinski definition) is 3. The Balaban J connectivity index is 1.22. The van der Waals surface area contributed by atoms with Crippen molar-refractivity contribution in [3.05, 3.63) is 75.5 Å². The maximum atomic E-state index is 11.6. The van der Waals surface area contributed by atoms with Crippen molar-refractivity contribution >= 4 is 60.9 Å². The maximum absolute atomic E-state index is 11.6. The second kappa shape index (κ2) is 12.5. The number of halogens is 2. The van der Waals surface area contributed by atoms with E-state index in [-0.39, 0.29) is 0 Å². The summed E-state index contributed by atoms with van der Waals surface area (Å²) in [7, 11) is 2.14. The Hall–Kier alpha value is -2.78. The van der Waals surface area contributed by atoms with Gasteiger partial charge in [0, 0.05) is 58.2 Å². The number of unbranched alkanes of at least 4 members (excludes halogenated alkanes) is 1. The van der Waals surface area contributed by atoms with Gasteiger partial charge in [0.05, 0.1) is 10.5 Å². The highest BCUT2D eigenvalue weighted by Crippen LogP contribution is 2.29. The number of nitrogens with zero attached hydrogens (tertiary/aromatic N) is 3. The van der Waals surface area contributed by atoms with Crippen molar-refractivity contribution in [2.75, 3.05) is 38.5 Å². The van der Waals surface area contributed by atoms with Crippen molar-refractivity contribution < 1.29 is 4.79 Å². The number of benzene rings is 2. The molecule has 4 N–H and O–H groups in total. The fraction of sp³-hybridized carbons (Fsp3) is 0.296. The molecule has 188 valence electrons. The van der Waals surface area contributed by atoms with Crippen molar-refractivity contribution in [3.63, 3.8) is 0 Å². The van der Waals surface area contributed by atoms with Gasteiger partial charge in [0.25, 0.3) is 0 Å². The number of carbonyl (C=O) groups is 1. The molecule has 0 aliphatic rings. The monoisotopic (exact) mass is 568 g/mol. The zero-order chi connectivity index (χ0) is 25.5. The predicted molar refractivity (Wildman–Crippen MR) is 152 cm³/mol. The van der Waals surface area contributed by atoms with Crippen LogP contribution >= 0.6 is 27.5 Å². The van der Waals surface area contributed by atoms with Crippen molar-refractivity contribution in [3.8, 4) is 0 Å². The number of pyridine rings is 2. The van der Waals surface area contributed by atoms with Gasteiger partial charge in [-0.15, -0.1) is 0 Å². The van der Waals surface area contributed by atoms with E-state index in [1.807, 2.05) is 30.5 Å². The molecule has 4 rings (SSSR count). The van der Waals surface area contributed by atoms with Gasteiger partial charge in [-0.3, -0.25) is 9.78 Å². The topological polar surface area (TPSA) is 96.2 Å². The Morgan fingerprint density at radius 3 is 2.72 bits per heavy atom. The second-order valence-corrected chi connectivity index (χ2v) is 10.1. The summed E-state index contributed by atoms with van der Waals surface area (Å²) in [4.78, 5) is 23.0. The maximum Gasteiger partial charge on any atom is 0.248 e. The average Bonchev–Trinajstić information content (AvgIpc) is 2.87. The van der Waals surface area contributed by atoms with Gasteiger partial charge in [-0.1, -0.05) is 23.7 Å². The largest absolute Gasteiger partial charge is 0.368 e. The molecule has 0 radical (unpaired) electrons. The Bertz CT molecular complexity index is 1370. The lowest BCUT2D eigenvalue weighted by Gasteiger charge is -2.17. The number of aromatic nitrogens is 2. The summed E-state index contributed by atoms with van der Waals surface area (Å²) in [5.74, 6) is 0.311. The third-order valence-electron chi connectivity index (χ3n) is 6.05. The van der Waals surface area contributed by atoms with E-state index in [1.165, 1.54) is 5.56 Å². The molecule has 1 amide bonds. The zero-order valence-electron chi connectivity index (χ0n) is 20.2. The number of nitrogens with one attached hydrogen (secondary N) is 2. The summed E-state index contributed by atoms with van der Waals surface area (Å²) in [6.45, 7) is 4.42. The van der Waals surface area contributed by atoms with Gasteiger partial charge in [-0.05, 0) is 84.8 Å². The van der Waals surface area contributed by atoms with Gasteiger partial charge < -0.3 is 21.3 Å². The van der Waals surface area contributed by atoms with Gasteiger partial charge >= 0.3 is 0 Å². The normalized spacial score (nSPS) is 11.4. The molecule has 36 heavy (non-hydrogen) atoms. The highest BCUT2D eigenvalue weighted by molar-refractivity contribution is 9.10. The van der Waals surface area contributed by atoms with Crippen molar-refractivity contribution in [2.45, 2.75) is 19.4 Å². The summed E-state index contributed by atoms with van der Waals surface area (Å²) in [5.41, 5.74) is 7.83. The number of carbonyl (C=O) groups excluding carboxylic acids is 1. The van der Waals surface area contributed by atoms with E-state index >= 15 is 0 Å². The van der Waals surface area contributed by atoms with Crippen LogP contribution in [-0.4, -0.2) is 54.0 Å². The van der Waals surface area contributed by atoms with Crippen LogP contribution in [0.1, 0.15) is 28.8 Å². The molecule has 0 fully saturated rings. The number of hydrogen-bond acceptors (Lipinski definition) is 6. The van der Waals surface area contributed by atoms with Gasteiger partial charge in [0.15, 0.2) is 0 Å². The molecule has 2 aromatic carbocycles. The molecule has 0 aliphatic carbocycles. The second-order valence-electron chi connectivity index (χ2n) is 8.85. The standard InChI is InChI=1S/C27H30BrClN6O/c1-35(17-18-4-7-23(28)24(29)14-18)13-3-2-9-31-11-12-33-27-21-8-10-32-16-22(21)20-6-5-19(26(30)36)15-25(20)34-27/h4-8,10,14-16,31H,2-3,9,11-13,17H2,1H3,(H2,30,36)(H,33,34). The first-order valence-corrected chi connectivity index (χ1v) is 13.1. The third-order valence-corrected chi connectivity index (χ3v) is 7.29. The van der Waals surface area contributed by atoms with Crippen LogP contribution in [0.15, 0.2) is 59.3 Å². The Morgan fingerprint density at radius 1 is 1.06 bits per heavy atom. The zero-order valence-corrected chi connectivity index (χ0v) is 22.6. The van der Waals surface area contributed by atoms with E-state index in [0.29, 0.717) is 5.56 Å². The van der Waals surface area contributed by atoms with Gasteiger partial charge in [-0.2, -0.15) is 0 Å². The molecule has 0 saturated carbocycles. The van der Waals surface area contributed by atoms with E-state index in [0.717, 1.165) is 82.6 Å². The number of anilines is 1. The lowest BCUT2D eigenvalue weighted by molar-refractivity contribution is 0.100. The van der Waals surface area contributed by atoms with Crippen LogP contribution in [-0.2, 0) is 6.54 Å². The molecule has 7 nitrogen and oxygen atoms in total. The molecule has 0 bridgehead atoms. The van der Waals surface area contributed by atoms with Gasteiger partial charge in [-0.25, -0.2) is 4.98 Å². The molecule has 0 saturated heterocycles. The van der Waals surface area contributed by atoms with Crippen LogP contribution in [0.5, 0.6) is 0 Å². The summed E-state index contributed by atoms with van der Waals surface area (Å²) >= 11 is 9.63. The minimum atomic E-state index is -0.465. The van der Waals surface area contributed by atoms with Gasteiger partial charge in [0.1, 0.15) is 5.82 Å². The fourth-order valence-electron chi connectivity index (χ4n) is 4.19. The summed E-state index contributed by atoms with van der Waals surface area (Å²) < 4.78 is 0.926. The molecule has 0 aliphatic heterocycles. The number of rotatable bonds is 12. The Labute approximate surface area is 224 Å². The fourth-order valence-corrected chi connectivity index (χ4v) is 4.64. The first-order valence-electron chi connectivity index (χ1n) is 12.0. The molecule has 0 atom stereocenters. The van der Waals surface area contributed by atoms with Crippen molar-refractivity contribution in [1.29, 1.82) is 0 Å². The average molecular weight is 570 g/mol. The van der Waals surface area contributed by atoms with Crippen LogP contribution in [0.3, 0.4) is 0 Å². The van der Waals surface area contributed by atoms with Crippen molar-refractivity contribution in [2.24, 2.45) is 5.73 Å². The summed E-state index contributed by atoms with van der Waals surface area (Å²) in [6, 6.07) is 13.4. The van der Waals surface area contributed by atoms with Crippen molar-refractivity contribution in [1.82, 2.24) is 20.2 Å². The van der Waals surface area contributed by atoms with E-state index < -0.39 is 5.91 Å². The summed E-state index contributed by atoms with van der Waals surface area (Å²) in [6.07, 6.45) is 5.81. The highest BCUT2D eigenvalue weighted by atomic mass is 79.9. The molecule has 2 aromatic heterocycles. The molecule has 9 heteroatoms. The first kappa shape index (κ1) is 26.3. The molecule has 2 heterocycles. The Kier molecular flexibility index (Phi) is 9.09. The molecular weight excluding hydrogens is 540 g/mol. The van der Waals surface area contributed by atoms with E-state index in [4.69, 9.17) is 22.3 Å². The number of amides is 1. The molecular formula is C27H30BrClN6O. The van der Waals surface area contributed by atoms with Gasteiger partial charge in [0.2, 0.25) is 5.91 Å². The lowest BCUT2D eigenvalue weighted by atomic mass is 10.1. The third kappa shape index (κ3) is 6.70. The van der Waals surface area contributed by atoms with E-state index in [9.17, 15) is 4.79 Å². The molecule has 0 unspecified atom stereocenters. The smallest absolute Gasteiger partial charge is 0.248 e. The van der Waals surface area contributed by atoms with Crippen LogP contribution in [0.25, 0.3) is 21.7 Å². The van der Waals surface area contributed by atoms with Crippen LogP contribution in [0.2, 0.25) is 5.02 Å².